The van der Waals surface area contributed by atoms with Crippen LogP contribution in [0.4, 0.5) is 4.39 Å². The number of furan rings is 1. The van der Waals surface area contributed by atoms with Gasteiger partial charge in [-0.05, 0) is 84.0 Å². The van der Waals surface area contributed by atoms with Gasteiger partial charge in [0.05, 0.1) is 44.9 Å². The van der Waals surface area contributed by atoms with Crippen molar-refractivity contribution in [3.63, 3.8) is 0 Å². The Balaban J connectivity index is 1.18. The molecule has 0 unspecified atom stereocenters. The monoisotopic (exact) mass is 654 g/mol. The fourth-order valence-electron chi connectivity index (χ4n) is 5.20. The van der Waals surface area contributed by atoms with Crippen LogP contribution in [0.3, 0.4) is 0 Å². The van der Waals surface area contributed by atoms with Crippen molar-refractivity contribution in [3.05, 3.63) is 88.2 Å². The lowest BCUT2D eigenvalue weighted by Gasteiger charge is -2.12. The molecule has 5 rings (SSSR count). The number of carboxylic acids is 1. The SMILES string of the molecule is CNC(=O)c1c(-c2ccc(F)cc2)oc2cc(CS(=O)(=O)NCCOCCOCc3ccc(OC)c(C(=O)O)c3)c(C3CC3)cc12. The first-order valence-electron chi connectivity index (χ1n) is 14.7. The van der Waals surface area contributed by atoms with Crippen LogP contribution < -0.4 is 14.8 Å². The van der Waals surface area contributed by atoms with Crippen molar-refractivity contribution in [2.24, 2.45) is 0 Å². The average molecular weight is 655 g/mol. The molecule has 0 spiro atoms. The molecule has 1 aromatic heterocycles. The van der Waals surface area contributed by atoms with E-state index in [4.69, 9.17) is 18.6 Å². The van der Waals surface area contributed by atoms with Gasteiger partial charge in [0.2, 0.25) is 10.0 Å². The Morgan fingerprint density at radius 2 is 1.76 bits per heavy atom. The molecule has 1 amide bonds. The summed E-state index contributed by atoms with van der Waals surface area (Å²) >= 11 is 0. The summed E-state index contributed by atoms with van der Waals surface area (Å²) < 4.78 is 64.5. The lowest BCUT2D eigenvalue weighted by molar-refractivity contribution is 0.0426. The van der Waals surface area contributed by atoms with Crippen molar-refractivity contribution in [2.45, 2.75) is 31.1 Å². The molecule has 0 atom stereocenters. The number of amides is 1. The average Bonchev–Trinajstić information content (AvgIpc) is 3.82. The third kappa shape index (κ3) is 7.91. The zero-order valence-electron chi connectivity index (χ0n) is 25.4. The first kappa shape index (κ1) is 33.1. The van der Waals surface area contributed by atoms with Gasteiger partial charge in [0.15, 0.2) is 0 Å². The van der Waals surface area contributed by atoms with Crippen LogP contribution in [-0.2, 0) is 31.9 Å². The number of nitrogens with one attached hydrogen (secondary N) is 2. The molecule has 4 aromatic rings. The number of hydrogen-bond donors (Lipinski definition) is 3. The minimum atomic E-state index is -3.75. The van der Waals surface area contributed by atoms with E-state index in [1.165, 1.54) is 44.5 Å². The number of carbonyl (C=O) groups excluding carboxylic acids is 1. The van der Waals surface area contributed by atoms with Gasteiger partial charge in [0, 0.05) is 24.5 Å². The van der Waals surface area contributed by atoms with Gasteiger partial charge in [-0.1, -0.05) is 6.07 Å². The number of aromatic carboxylic acids is 1. The number of carbonyl (C=O) groups is 2. The molecular weight excluding hydrogens is 619 g/mol. The standard InChI is InChI=1S/C33H35FN2O9S/c1-35-32(37)30-26-17-25(21-4-5-21)23(16-29(26)45-31(30)22-6-8-24(34)9-7-22)19-46(40,41)36-11-12-43-13-14-44-18-20-3-10-28(42-2)27(15-20)33(38)39/h3,6-10,15-17,21,36H,4-5,11-14,18-19H2,1-2H3,(H,35,37)(H,38,39). The highest BCUT2D eigenvalue weighted by molar-refractivity contribution is 7.88. The Kier molecular flexibility index (Phi) is 10.4. The zero-order chi connectivity index (χ0) is 32.8. The van der Waals surface area contributed by atoms with Gasteiger partial charge < -0.3 is 29.1 Å². The van der Waals surface area contributed by atoms with Crippen LogP contribution in [-0.4, -0.2) is 65.9 Å². The number of rotatable bonds is 16. The Hall–Kier alpha value is -4.30. The summed E-state index contributed by atoms with van der Waals surface area (Å²) in [5.41, 5.74) is 3.36. The summed E-state index contributed by atoms with van der Waals surface area (Å²) in [6.45, 7) is 0.805. The van der Waals surface area contributed by atoms with E-state index in [-0.39, 0.29) is 67.6 Å². The summed E-state index contributed by atoms with van der Waals surface area (Å²) in [6.07, 6.45) is 1.83. The van der Waals surface area contributed by atoms with Crippen molar-refractivity contribution in [1.29, 1.82) is 0 Å². The van der Waals surface area contributed by atoms with Crippen molar-refractivity contribution >= 4 is 32.9 Å². The largest absolute Gasteiger partial charge is 0.496 e. The predicted molar refractivity (Wildman–Crippen MR) is 168 cm³/mol. The number of halogens is 1. The van der Waals surface area contributed by atoms with E-state index < -0.39 is 21.8 Å². The number of fused-ring (bicyclic) bond motifs is 1. The maximum absolute atomic E-state index is 13.6. The molecule has 3 N–H and O–H groups in total. The van der Waals surface area contributed by atoms with Gasteiger partial charge in [-0.2, -0.15) is 0 Å². The lowest BCUT2D eigenvalue weighted by Crippen LogP contribution is -2.29. The Morgan fingerprint density at radius 3 is 2.43 bits per heavy atom. The van der Waals surface area contributed by atoms with Crippen LogP contribution in [0.1, 0.15) is 56.2 Å². The molecule has 1 aliphatic carbocycles. The summed E-state index contributed by atoms with van der Waals surface area (Å²) in [7, 11) is -0.828. The lowest BCUT2D eigenvalue weighted by atomic mass is 9.98. The molecule has 1 heterocycles. The maximum atomic E-state index is 13.6. The van der Waals surface area contributed by atoms with Crippen LogP contribution >= 0.6 is 0 Å². The maximum Gasteiger partial charge on any atom is 0.339 e. The molecule has 11 nitrogen and oxygen atoms in total. The third-order valence-corrected chi connectivity index (χ3v) is 8.91. The van der Waals surface area contributed by atoms with Crippen molar-refractivity contribution < 1.29 is 46.1 Å². The first-order valence-corrected chi connectivity index (χ1v) is 16.4. The summed E-state index contributed by atoms with van der Waals surface area (Å²) in [4.78, 5) is 24.3. The highest BCUT2D eigenvalue weighted by atomic mass is 32.2. The van der Waals surface area contributed by atoms with E-state index in [0.29, 0.717) is 33.2 Å². The number of sulfonamides is 1. The number of hydrogen-bond acceptors (Lipinski definition) is 8. The quantitative estimate of drug-likeness (QED) is 0.144. The zero-order valence-corrected chi connectivity index (χ0v) is 26.2. The molecule has 1 fully saturated rings. The molecular formula is C33H35FN2O9S. The fourth-order valence-corrected chi connectivity index (χ4v) is 6.36. The van der Waals surface area contributed by atoms with Crippen molar-refractivity contribution in [3.8, 4) is 17.1 Å². The second kappa shape index (κ2) is 14.4. The molecule has 0 saturated heterocycles. The molecule has 244 valence electrons. The molecule has 0 aliphatic heterocycles. The molecule has 1 saturated carbocycles. The number of carboxylic acid groups (broad SMARTS) is 1. The Morgan fingerprint density at radius 1 is 1.02 bits per heavy atom. The Bertz CT molecular complexity index is 1830. The second-order valence-electron chi connectivity index (χ2n) is 10.9. The van der Waals surface area contributed by atoms with E-state index >= 15 is 0 Å². The summed E-state index contributed by atoms with van der Waals surface area (Å²) in [5, 5.41) is 12.5. The summed E-state index contributed by atoms with van der Waals surface area (Å²) in [6, 6.07) is 13.9. The third-order valence-electron chi connectivity index (χ3n) is 7.58. The van der Waals surface area contributed by atoms with Crippen LogP contribution in [0.15, 0.2) is 59.0 Å². The second-order valence-corrected chi connectivity index (χ2v) is 12.7. The fraction of sp³-hybridized carbons (Fsp3) is 0.333. The Labute approximate surface area is 265 Å². The van der Waals surface area contributed by atoms with E-state index in [2.05, 4.69) is 10.0 Å². The van der Waals surface area contributed by atoms with Gasteiger partial charge in [0.25, 0.3) is 5.91 Å². The molecule has 46 heavy (non-hydrogen) atoms. The van der Waals surface area contributed by atoms with E-state index in [9.17, 15) is 27.5 Å². The highest BCUT2D eigenvalue weighted by Gasteiger charge is 2.31. The topological polar surface area (TPSA) is 153 Å². The van der Waals surface area contributed by atoms with Crippen molar-refractivity contribution in [1.82, 2.24) is 10.0 Å². The highest BCUT2D eigenvalue weighted by Crippen LogP contribution is 2.45. The number of benzene rings is 3. The minimum Gasteiger partial charge on any atom is -0.496 e. The minimum absolute atomic E-state index is 0.0452. The molecule has 1 aliphatic rings. The van der Waals surface area contributed by atoms with E-state index in [1.54, 1.807) is 18.2 Å². The van der Waals surface area contributed by atoms with Crippen LogP contribution in [0.5, 0.6) is 5.75 Å². The van der Waals surface area contributed by atoms with Gasteiger partial charge in [0.1, 0.15) is 28.5 Å². The normalized spacial score (nSPS) is 13.2. The first-order chi connectivity index (χ1) is 22.1. The van der Waals surface area contributed by atoms with E-state index in [0.717, 1.165) is 18.4 Å². The van der Waals surface area contributed by atoms with Crippen LogP contribution in [0.25, 0.3) is 22.3 Å². The van der Waals surface area contributed by atoms with Crippen molar-refractivity contribution in [2.75, 3.05) is 40.5 Å². The number of ether oxygens (including phenoxy) is 3. The van der Waals surface area contributed by atoms with Gasteiger partial charge in [-0.15, -0.1) is 0 Å². The molecule has 0 radical (unpaired) electrons. The molecule has 13 heteroatoms. The number of methoxy groups -OCH3 is 1. The van der Waals surface area contributed by atoms with Gasteiger partial charge in [-0.25, -0.2) is 22.3 Å². The molecule has 3 aromatic carbocycles. The summed E-state index contributed by atoms with van der Waals surface area (Å²) in [5.74, 6) is -1.42. The predicted octanol–water partition coefficient (Wildman–Crippen LogP) is 4.84. The van der Waals surface area contributed by atoms with Crippen LogP contribution in [0, 0.1) is 5.82 Å². The van der Waals surface area contributed by atoms with Crippen LogP contribution in [0.2, 0.25) is 0 Å². The molecule has 0 bridgehead atoms. The van der Waals surface area contributed by atoms with Gasteiger partial charge >= 0.3 is 5.97 Å². The smallest absolute Gasteiger partial charge is 0.339 e. The van der Waals surface area contributed by atoms with Gasteiger partial charge in [-0.3, -0.25) is 4.79 Å². The van der Waals surface area contributed by atoms with E-state index in [1.807, 2.05) is 6.07 Å².